The van der Waals surface area contributed by atoms with Gasteiger partial charge in [-0.2, -0.15) is 0 Å². The molecule has 1 aromatic rings. The molecule has 0 unspecified atom stereocenters. The highest BCUT2D eigenvalue weighted by Crippen LogP contribution is 2.14. The van der Waals surface area contributed by atoms with Gasteiger partial charge in [-0.1, -0.05) is 13.2 Å². The summed E-state index contributed by atoms with van der Waals surface area (Å²) in [6.07, 6.45) is 4.13. The van der Waals surface area contributed by atoms with Crippen molar-refractivity contribution in [3.05, 3.63) is 55.4 Å². The summed E-state index contributed by atoms with van der Waals surface area (Å²) in [5.41, 5.74) is 1.60. The number of anilines is 1. The minimum atomic E-state index is 0.664. The molecule has 0 spiro atoms. The third-order valence-corrected chi connectivity index (χ3v) is 1.72. The van der Waals surface area contributed by atoms with Gasteiger partial charge in [0.25, 0.3) is 0 Å². The van der Waals surface area contributed by atoms with Gasteiger partial charge < -0.3 is 4.90 Å². The lowest BCUT2D eigenvalue weighted by Crippen LogP contribution is -2.04. The lowest BCUT2D eigenvalue weighted by atomic mass is 10.2. The van der Waals surface area contributed by atoms with E-state index in [2.05, 4.69) is 13.2 Å². The molecule has 0 aliphatic heterocycles. The van der Waals surface area contributed by atoms with Crippen molar-refractivity contribution in [1.29, 1.82) is 0 Å². The van der Waals surface area contributed by atoms with Gasteiger partial charge in [0.15, 0.2) is 0 Å². The number of nitrogens with zero attached hydrogens (tertiary/aromatic N) is 1. The zero-order chi connectivity index (χ0) is 9.68. The van der Waals surface area contributed by atoms with Crippen molar-refractivity contribution in [2.75, 3.05) is 4.90 Å². The van der Waals surface area contributed by atoms with Crippen molar-refractivity contribution >= 4 is 12.0 Å². The monoisotopic (exact) mass is 173 g/mol. The molecule has 0 saturated heterocycles. The Balaban J connectivity index is 2.96. The van der Waals surface area contributed by atoms with Gasteiger partial charge in [0.2, 0.25) is 0 Å². The number of aldehydes is 1. The van der Waals surface area contributed by atoms with Gasteiger partial charge in [-0.3, -0.25) is 4.79 Å². The number of benzene rings is 1. The molecule has 0 amide bonds. The molecule has 0 aromatic heterocycles. The van der Waals surface area contributed by atoms with E-state index in [1.807, 2.05) is 12.1 Å². The summed E-state index contributed by atoms with van der Waals surface area (Å²) in [5, 5.41) is 0. The minimum Gasteiger partial charge on any atom is -0.325 e. The van der Waals surface area contributed by atoms with Crippen LogP contribution in [0.4, 0.5) is 5.69 Å². The van der Waals surface area contributed by atoms with Crippen LogP contribution < -0.4 is 4.90 Å². The maximum atomic E-state index is 10.4. The number of carbonyl (C=O) groups excluding carboxylic acids is 1. The van der Waals surface area contributed by atoms with E-state index in [-0.39, 0.29) is 0 Å². The van der Waals surface area contributed by atoms with Crippen LogP contribution in [0.5, 0.6) is 0 Å². The molecule has 0 N–H and O–H groups in total. The predicted octanol–water partition coefficient (Wildman–Crippen LogP) is 2.59. The largest absolute Gasteiger partial charge is 0.325 e. The first-order valence-corrected chi connectivity index (χ1v) is 3.90. The highest BCUT2D eigenvalue weighted by atomic mass is 16.1. The number of hydrogen-bond acceptors (Lipinski definition) is 2. The second-order valence-electron chi connectivity index (χ2n) is 2.48. The average molecular weight is 173 g/mol. The fourth-order valence-electron chi connectivity index (χ4n) is 1.01. The van der Waals surface area contributed by atoms with Crippen molar-refractivity contribution in [1.82, 2.24) is 0 Å². The Hall–Kier alpha value is -1.83. The van der Waals surface area contributed by atoms with E-state index < -0.39 is 0 Å². The van der Waals surface area contributed by atoms with Gasteiger partial charge in [0.1, 0.15) is 6.29 Å². The Bertz CT molecular complexity index is 305. The molecule has 0 radical (unpaired) electrons. The van der Waals surface area contributed by atoms with E-state index in [9.17, 15) is 4.79 Å². The summed E-state index contributed by atoms with van der Waals surface area (Å²) in [7, 11) is 0. The third-order valence-electron chi connectivity index (χ3n) is 1.72. The Morgan fingerprint density at radius 3 is 2.00 bits per heavy atom. The standard InChI is InChI=1S/C11H11NO/c1-3-12(4-2)11-7-5-10(9-13)6-8-11/h3-9H,1-2H2. The molecule has 0 heterocycles. The van der Waals surface area contributed by atoms with Gasteiger partial charge in [0, 0.05) is 23.7 Å². The minimum absolute atomic E-state index is 0.664. The summed E-state index contributed by atoms with van der Waals surface area (Å²) in [6, 6.07) is 7.19. The lowest BCUT2D eigenvalue weighted by molar-refractivity contribution is 0.112. The molecular weight excluding hydrogens is 162 g/mol. The summed E-state index contributed by atoms with van der Waals surface area (Å²) in [6.45, 7) is 7.27. The molecule has 13 heavy (non-hydrogen) atoms. The maximum absolute atomic E-state index is 10.4. The summed E-state index contributed by atoms with van der Waals surface area (Å²) < 4.78 is 0. The second-order valence-corrected chi connectivity index (χ2v) is 2.48. The van der Waals surface area contributed by atoms with E-state index in [0.717, 1.165) is 12.0 Å². The van der Waals surface area contributed by atoms with Gasteiger partial charge in [-0.05, 0) is 24.3 Å². The van der Waals surface area contributed by atoms with Crippen LogP contribution in [0.15, 0.2) is 49.8 Å². The first kappa shape index (κ1) is 9.26. The van der Waals surface area contributed by atoms with Crippen LogP contribution in [0.1, 0.15) is 10.4 Å². The molecule has 1 aromatic carbocycles. The lowest BCUT2D eigenvalue weighted by Gasteiger charge is -2.13. The molecule has 1 rings (SSSR count). The van der Waals surface area contributed by atoms with E-state index in [1.54, 1.807) is 29.4 Å². The maximum Gasteiger partial charge on any atom is 0.150 e. The molecule has 0 aliphatic rings. The van der Waals surface area contributed by atoms with Gasteiger partial charge in [0.05, 0.1) is 0 Å². The highest BCUT2D eigenvalue weighted by molar-refractivity contribution is 5.75. The van der Waals surface area contributed by atoms with E-state index in [0.29, 0.717) is 5.56 Å². The van der Waals surface area contributed by atoms with Gasteiger partial charge in [-0.15, -0.1) is 0 Å². The summed E-state index contributed by atoms with van der Waals surface area (Å²) in [4.78, 5) is 12.1. The van der Waals surface area contributed by atoms with Crippen LogP contribution in [0.3, 0.4) is 0 Å². The van der Waals surface area contributed by atoms with E-state index in [4.69, 9.17) is 0 Å². The number of rotatable bonds is 4. The van der Waals surface area contributed by atoms with Crippen LogP contribution in [0, 0.1) is 0 Å². The zero-order valence-electron chi connectivity index (χ0n) is 7.31. The first-order valence-electron chi connectivity index (χ1n) is 3.90. The zero-order valence-corrected chi connectivity index (χ0v) is 7.31. The van der Waals surface area contributed by atoms with Crippen molar-refractivity contribution in [2.24, 2.45) is 0 Å². The SMILES string of the molecule is C=CN(C=C)c1ccc(C=O)cc1. The molecule has 0 aliphatic carbocycles. The van der Waals surface area contributed by atoms with Crippen molar-refractivity contribution < 1.29 is 4.79 Å². The van der Waals surface area contributed by atoms with Crippen LogP contribution in [0.2, 0.25) is 0 Å². The smallest absolute Gasteiger partial charge is 0.150 e. The van der Waals surface area contributed by atoms with Crippen LogP contribution in [0.25, 0.3) is 0 Å². The number of carbonyl (C=O) groups is 1. The van der Waals surface area contributed by atoms with Crippen molar-refractivity contribution in [3.8, 4) is 0 Å². The molecule has 0 atom stereocenters. The van der Waals surface area contributed by atoms with Gasteiger partial charge >= 0.3 is 0 Å². The van der Waals surface area contributed by atoms with E-state index >= 15 is 0 Å². The topological polar surface area (TPSA) is 20.3 Å². The Kier molecular flexibility index (Phi) is 3.03. The normalized spacial score (nSPS) is 8.92. The quantitative estimate of drug-likeness (QED) is 0.652. The number of hydrogen-bond donors (Lipinski definition) is 0. The van der Waals surface area contributed by atoms with Crippen LogP contribution >= 0.6 is 0 Å². The molecule has 2 nitrogen and oxygen atoms in total. The Labute approximate surface area is 77.8 Å². The summed E-state index contributed by atoms with van der Waals surface area (Å²) in [5.74, 6) is 0. The summed E-state index contributed by atoms with van der Waals surface area (Å²) >= 11 is 0. The highest BCUT2D eigenvalue weighted by Gasteiger charge is 1.96. The van der Waals surface area contributed by atoms with Gasteiger partial charge in [-0.25, -0.2) is 0 Å². The van der Waals surface area contributed by atoms with Crippen molar-refractivity contribution in [2.45, 2.75) is 0 Å². The third kappa shape index (κ3) is 2.06. The molecule has 0 fully saturated rings. The van der Waals surface area contributed by atoms with Crippen LogP contribution in [-0.2, 0) is 0 Å². The fraction of sp³-hybridized carbons (Fsp3) is 0. The molecule has 66 valence electrons. The fourth-order valence-corrected chi connectivity index (χ4v) is 1.01. The Morgan fingerprint density at radius 1 is 1.08 bits per heavy atom. The first-order chi connectivity index (χ1) is 6.31. The van der Waals surface area contributed by atoms with Crippen molar-refractivity contribution in [3.63, 3.8) is 0 Å². The Morgan fingerprint density at radius 2 is 1.62 bits per heavy atom. The predicted molar refractivity (Wildman–Crippen MR) is 54.7 cm³/mol. The van der Waals surface area contributed by atoms with Crippen LogP contribution in [-0.4, -0.2) is 6.29 Å². The van der Waals surface area contributed by atoms with E-state index in [1.165, 1.54) is 0 Å². The molecule has 0 saturated carbocycles. The average Bonchev–Trinajstić information content (AvgIpc) is 2.21. The molecular formula is C11H11NO. The molecule has 0 bridgehead atoms. The molecule has 2 heteroatoms. The second kappa shape index (κ2) is 4.26.